The Labute approximate surface area is 144 Å². The third-order valence-corrected chi connectivity index (χ3v) is 4.26. The van der Waals surface area contributed by atoms with E-state index in [1.165, 1.54) is 0 Å². The minimum Gasteiger partial charge on any atom is -0.333 e. The van der Waals surface area contributed by atoms with Gasteiger partial charge in [-0.2, -0.15) is 0 Å². The first-order valence-corrected chi connectivity index (χ1v) is 8.61. The molecular weight excluding hydrogens is 300 g/mol. The molecule has 0 spiro atoms. The largest absolute Gasteiger partial charge is 0.333 e. The molecule has 5 heteroatoms. The molecule has 1 aromatic carbocycles. The highest BCUT2D eigenvalue weighted by atomic mass is 16.2. The summed E-state index contributed by atoms with van der Waals surface area (Å²) >= 11 is 0. The predicted molar refractivity (Wildman–Crippen MR) is 97.3 cm³/mol. The van der Waals surface area contributed by atoms with Crippen molar-refractivity contribution in [3.8, 4) is 0 Å². The molecule has 0 atom stereocenters. The standard InChI is InChI=1S/C19H28N4O/c1-18(2,3)16-20-14-9-7-8-10-15(14)23(16)13-11-22(12-13)17(24)21-19(4,5)6/h7-10,13H,11-12H2,1-6H3,(H,21,24). The maximum absolute atomic E-state index is 12.3. The van der Waals surface area contributed by atoms with Crippen LogP contribution in [0.3, 0.4) is 0 Å². The summed E-state index contributed by atoms with van der Waals surface area (Å²) in [7, 11) is 0. The van der Waals surface area contributed by atoms with Gasteiger partial charge in [0.1, 0.15) is 5.82 Å². The van der Waals surface area contributed by atoms with Crippen molar-refractivity contribution in [3.63, 3.8) is 0 Å². The minimum atomic E-state index is -0.208. The number of amides is 2. The molecule has 0 saturated carbocycles. The summed E-state index contributed by atoms with van der Waals surface area (Å²) in [6, 6.07) is 8.56. The molecule has 0 bridgehead atoms. The van der Waals surface area contributed by atoms with Crippen molar-refractivity contribution < 1.29 is 4.79 Å². The van der Waals surface area contributed by atoms with Crippen molar-refractivity contribution in [2.75, 3.05) is 13.1 Å². The highest BCUT2D eigenvalue weighted by molar-refractivity contribution is 5.78. The number of hydrogen-bond donors (Lipinski definition) is 1. The summed E-state index contributed by atoms with van der Waals surface area (Å²) in [6.45, 7) is 14.0. The minimum absolute atomic E-state index is 0.0143. The van der Waals surface area contributed by atoms with Gasteiger partial charge in [0.05, 0.1) is 17.1 Å². The molecule has 3 rings (SSSR count). The average Bonchev–Trinajstić information content (AvgIpc) is 2.74. The Morgan fingerprint density at radius 3 is 2.33 bits per heavy atom. The van der Waals surface area contributed by atoms with Crippen molar-refractivity contribution in [2.24, 2.45) is 0 Å². The molecule has 1 aromatic heterocycles. The van der Waals surface area contributed by atoms with Gasteiger partial charge in [-0.1, -0.05) is 32.9 Å². The molecule has 0 unspecified atom stereocenters. The van der Waals surface area contributed by atoms with Gasteiger partial charge < -0.3 is 14.8 Å². The van der Waals surface area contributed by atoms with Crippen LogP contribution in [0.15, 0.2) is 24.3 Å². The molecule has 0 aliphatic carbocycles. The smallest absolute Gasteiger partial charge is 0.317 e. The Kier molecular flexibility index (Phi) is 3.85. The van der Waals surface area contributed by atoms with Crippen LogP contribution in [0.4, 0.5) is 4.79 Å². The Morgan fingerprint density at radius 2 is 1.75 bits per heavy atom. The van der Waals surface area contributed by atoms with Crippen LogP contribution >= 0.6 is 0 Å². The summed E-state index contributed by atoms with van der Waals surface area (Å²) in [6.07, 6.45) is 0. The van der Waals surface area contributed by atoms with E-state index in [4.69, 9.17) is 4.98 Å². The number of hydrogen-bond acceptors (Lipinski definition) is 2. The van der Waals surface area contributed by atoms with E-state index < -0.39 is 0 Å². The van der Waals surface area contributed by atoms with E-state index in [0.29, 0.717) is 0 Å². The number of benzene rings is 1. The molecular formula is C19H28N4O. The van der Waals surface area contributed by atoms with Crippen LogP contribution in [-0.2, 0) is 5.41 Å². The quantitative estimate of drug-likeness (QED) is 0.868. The fraction of sp³-hybridized carbons (Fsp3) is 0.579. The summed E-state index contributed by atoms with van der Waals surface area (Å²) in [5.41, 5.74) is 1.94. The molecule has 1 aliphatic heterocycles. The molecule has 0 radical (unpaired) electrons. The highest BCUT2D eigenvalue weighted by Crippen LogP contribution is 2.33. The normalized spacial score (nSPS) is 16.3. The molecule has 2 amide bonds. The zero-order chi connectivity index (χ0) is 17.7. The lowest BCUT2D eigenvalue weighted by molar-refractivity contribution is 0.118. The second kappa shape index (κ2) is 5.50. The first kappa shape index (κ1) is 16.8. The highest BCUT2D eigenvalue weighted by Gasteiger charge is 2.37. The maximum atomic E-state index is 12.3. The third kappa shape index (κ3) is 3.12. The van der Waals surface area contributed by atoms with Gasteiger partial charge in [0.15, 0.2) is 0 Å². The van der Waals surface area contributed by atoms with Gasteiger partial charge >= 0.3 is 6.03 Å². The van der Waals surface area contributed by atoms with Gasteiger partial charge in [-0.25, -0.2) is 9.78 Å². The van der Waals surface area contributed by atoms with Crippen LogP contribution in [0, 0.1) is 0 Å². The van der Waals surface area contributed by atoms with E-state index in [1.54, 1.807) is 0 Å². The van der Waals surface area contributed by atoms with Crippen LogP contribution in [0.2, 0.25) is 0 Å². The molecule has 1 fully saturated rings. The number of likely N-dealkylation sites (tertiary alicyclic amines) is 1. The molecule has 1 saturated heterocycles. The third-order valence-electron chi connectivity index (χ3n) is 4.26. The molecule has 2 aromatic rings. The van der Waals surface area contributed by atoms with Crippen molar-refractivity contribution in [3.05, 3.63) is 30.1 Å². The average molecular weight is 328 g/mol. The van der Waals surface area contributed by atoms with Crippen LogP contribution < -0.4 is 5.32 Å². The molecule has 1 aliphatic rings. The van der Waals surface area contributed by atoms with Crippen molar-refractivity contribution in [1.29, 1.82) is 0 Å². The zero-order valence-corrected chi connectivity index (χ0v) is 15.6. The Hall–Kier alpha value is -2.04. The van der Waals surface area contributed by atoms with Gasteiger partial charge in [0, 0.05) is 24.0 Å². The maximum Gasteiger partial charge on any atom is 0.317 e. The Morgan fingerprint density at radius 1 is 1.12 bits per heavy atom. The second-order valence-corrected chi connectivity index (χ2v) is 8.78. The molecule has 24 heavy (non-hydrogen) atoms. The van der Waals surface area contributed by atoms with Crippen LogP contribution in [0.25, 0.3) is 11.0 Å². The van der Waals surface area contributed by atoms with Gasteiger partial charge in [0.2, 0.25) is 0 Å². The van der Waals surface area contributed by atoms with E-state index in [2.05, 4.69) is 48.9 Å². The number of para-hydroxylation sites is 2. The number of aromatic nitrogens is 2. The lowest BCUT2D eigenvalue weighted by Gasteiger charge is -2.42. The van der Waals surface area contributed by atoms with Gasteiger partial charge in [-0.15, -0.1) is 0 Å². The molecule has 2 heterocycles. The number of carbonyl (C=O) groups excluding carboxylic acids is 1. The molecule has 5 nitrogen and oxygen atoms in total. The van der Waals surface area contributed by atoms with Crippen LogP contribution in [0.1, 0.15) is 53.4 Å². The fourth-order valence-corrected chi connectivity index (χ4v) is 3.13. The number of imidazole rings is 1. The number of nitrogens with one attached hydrogen (secondary N) is 1. The van der Waals surface area contributed by atoms with E-state index in [1.807, 2.05) is 31.7 Å². The number of nitrogens with zero attached hydrogens (tertiary/aromatic N) is 3. The first-order chi connectivity index (χ1) is 11.1. The van der Waals surface area contributed by atoms with E-state index >= 15 is 0 Å². The zero-order valence-electron chi connectivity index (χ0n) is 15.6. The summed E-state index contributed by atoms with van der Waals surface area (Å²) in [5.74, 6) is 1.09. The lowest BCUT2D eigenvalue weighted by atomic mass is 9.94. The Balaban J connectivity index is 1.85. The molecule has 1 N–H and O–H groups in total. The summed E-state index contributed by atoms with van der Waals surface area (Å²) in [4.78, 5) is 19.0. The van der Waals surface area contributed by atoms with Crippen LogP contribution in [0.5, 0.6) is 0 Å². The second-order valence-electron chi connectivity index (χ2n) is 8.78. The number of fused-ring (bicyclic) bond motifs is 1. The van der Waals surface area contributed by atoms with E-state index in [0.717, 1.165) is 29.9 Å². The van der Waals surface area contributed by atoms with Crippen molar-refractivity contribution in [2.45, 2.75) is 58.5 Å². The van der Waals surface area contributed by atoms with Gasteiger partial charge in [-0.3, -0.25) is 0 Å². The monoisotopic (exact) mass is 328 g/mol. The van der Waals surface area contributed by atoms with Crippen molar-refractivity contribution in [1.82, 2.24) is 19.8 Å². The summed E-state index contributed by atoms with van der Waals surface area (Å²) in [5, 5.41) is 3.03. The predicted octanol–water partition coefficient (Wildman–Crippen LogP) is 3.70. The number of urea groups is 1. The topological polar surface area (TPSA) is 50.2 Å². The summed E-state index contributed by atoms with van der Waals surface area (Å²) < 4.78 is 2.33. The van der Waals surface area contributed by atoms with Crippen LogP contribution in [-0.4, -0.2) is 39.1 Å². The SMILES string of the molecule is CC(C)(C)NC(=O)N1CC(n2c(C(C)(C)C)nc3ccccc32)C1. The van der Waals surface area contributed by atoms with E-state index in [9.17, 15) is 4.79 Å². The number of rotatable bonds is 1. The molecule has 130 valence electrons. The fourth-order valence-electron chi connectivity index (χ4n) is 3.13. The Bertz CT molecular complexity index is 758. The number of carbonyl (C=O) groups is 1. The van der Waals surface area contributed by atoms with Gasteiger partial charge in [0.25, 0.3) is 0 Å². The first-order valence-electron chi connectivity index (χ1n) is 8.61. The van der Waals surface area contributed by atoms with Crippen molar-refractivity contribution >= 4 is 17.1 Å². The van der Waals surface area contributed by atoms with E-state index in [-0.39, 0.29) is 23.0 Å². The lowest BCUT2D eigenvalue weighted by Crippen LogP contribution is -2.57. The van der Waals surface area contributed by atoms with Gasteiger partial charge in [-0.05, 0) is 32.9 Å².